The first-order valence-electron chi connectivity index (χ1n) is 7.26. The van der Waals surface area contributed by atoms with Crippen molar-refractivity contribution in [3.05, 3.63) is 35.4 Å². The topological polar surface area (TPSA) is 84.6 Å². The maximum atomic E-state index is 11.6. The van der Waals surface area contributed by atoms with Crippen LogP contribution in [0, 0.1) is 11.3 Å². The van der Waals surface area contributed by atoms with E-state index in [1.807, 2.05) is 6.07 Å². The lowest BCUT2D eigenvalue weighted by Gasteiger charge is -2.23. The predicted molar refractivity (Wildman–Crippen MR) is 83.6 cm³/mol. The summed E-state index contributed by atoms with van der Waals surface area (Å²) in [7, 11) is -3.15. The SMILES string of the molecule is CS(=O)(=O)N1CCCN(CC(O)c2ccc(C#N)cc2)CC1. The van der Waals surface area contributed by atoms with Crippen LogP contribution in [-0.4, -0.2) is 61.7 Å². The molecule has 1 heterocycles. The van der Waals surface area contributed by atoms with Crippen LogP contribution < -0.4 is 0 Å². The first-order valence-corrected chi connectivity index (χ1v) is 9.10. The van der Waals surface area contributed by atoms with Crippen LogP contribution in [0.25, 0.3) is 0 Å². The molecule has 0 amide bonds. The van der Waals surface area contributed by atoms with Gasteiger partial charge >= 0.3 is 0 Å². The summed E-state index contributed by atoms with van der Waals surface area (Å²) in [5, 5.41) is 19.1. The van der Waals surface area contributed by atoms with Crippen molar-refractivity contribution in [1.82, 2.24) is 9.21 Å². The van der Waals surface area contributed by atoms with Crippen LogP contribution in [0.15, 0.2) is 24.3 Å². The quantitative estimate of drug-likeness (QED) is 0.875. The van der Waals surface area contributed by atoms with Gasteiger partial charge in [-0.15, -0.1) is 0 Å². The van der Waals surface area contributed by atoms with E-state index in [0.717, 1.165) is 18.5 Å². The van der Waals surface area contributed by atoms with Gasteiger partial charge in [0.15, 0.2) is 0 Å². The fourth-order valence-electron chi connectivity index (χ4n) is 2.59. The maximum absolute atomic E-state index is 11.6. The van der Waals surface area contributed by atoms with E-state index in [-0.39, 0.29) is 0 Å². The third kappa shape index (κ3) is 4.52. The van der Waals surface area contributed by atoms with Gasteiger partial charge in [-0.25, -0.2) is 12.7 Å². The highest BCUT2D eigenvalue weighted by atomic mass is 32.2. The number of sulfonamides is 1. The molecule has 120 valence electrons. The standard InChI is InChI=1S/C15H21N3O3S/c1-22(20,21)18-8-2-7-17(9-10-18)12-15(19)14-5-3-13(11-16)4-6-14/h3-6,15,19H,2,7-10,12H2,1H3. The molecule has 0 spiro atoms. The Bertz CT molecular complexity index is 637. The molecule has 0 aromatic heterocycles. The molecule has 1 unspecified atom stereocenters. The van der Waals surface area contributed by atoms with Crippen LogP contribution in [0.5, 0.6) is 0 Å². The van der Waals surface area contributed by atoms with Crippen molar-refractivity contribution in [3.63, 3.8) is 0 Å². The molecule has 1 aliphatic rings. The van der Waals surface area contributed by atoms with Gasteiger partial charge < -0.3 is 5.11 Å². The van der Waals surface area contributed by atoms with Crippen LogP contribution in [-0.2, 0) is 10.0 Å². The van der Waals surface area contributed by atoms with Crippen molar-refractivity contribution in [2.45, 2.75) is 12.5 Å². The second-order valence-corrected chi connectivity index (χ2v) is 7.55. The lowest BCUT2D eigenvalue weighted by Crippen LogP contribution is -2.35. The first-order chi connectivity index (χ1) is 10.4. The Morgan fingerprint density at radius 2 is 1.91 bits per heavy atom. The first kappa shape index (κ1) is 16.9. The number of β-amino-alcohol motifs (C(OH)–C–C–N with tert-alkyl or cyclic N) is 1. The second kappa shape index (κ2) is 7.20. The third-order valence-electron chi connectivity index (χ3n) is 3.87. The van der Waals surface area contributed by atoms with Crippen LogP contribution in [0.2, 0.25) is 0 Å². The van der Waals surface area contributed by atoms with Crippen molar-refractivity contribution < 1.29 is 13.5 Å². The second-order valence-electron chi connectivity index (χ2n) is 5.57. The molecule has 1 atom stereocenters. The summed E-state index contributed by atoms with van der Waals surface area (Å²) in [5.74, 6) is 0. The molecule has 1 fully saturated rings. The number of hydrogen-bond donors (Lipinski definition) is 1. The Balaban J connectivity index is 1.94. The number of aliphatic hydroxyl groups excluding tert-OH is 1. The van der Waals surface area contributed by atoms with Gasteiger partial charge in [-0.2, -0.15) is 5.26 Å². The van der Waals surface area contributed by atoms with Gasteiger partial charge in [0.25, 0.3) is 0 Å². The van der Waals surface area contributed by atoms with Crippen molar-refractivity contribution in [2.24, 2.45) is 0 Å². The molecular weight excluding hydrogens is 302 g/mol. The molecule has 1 aromatic carbocycles. The third-order valence-corrected chi connectivity index (χ3v) is 5.18. The van der Waals surface area contributed by atoms with E-state index < -0.39 is 16.1 Å². The van der Waals surface area contributed by atoms with Gasteiger partial charge in [-0.05, 0) is 30.7 Å². The van der Waals surface area contributed by atoms with Crippen LogP contribution in [0.4, 0.5) is 0 Å². The highest BCUT2D eigenvalue weighted by molar-refractivity contribution is 7.88. The van der Waals surface area contributed by atoms with Gasteiger partial charge in [0.1, 0.15) is 0 Å². The number of benzene rings is 1. The molecule has 6 nitrogen and oxygen atoms in total. The molecule has 0 radical (unpaired) electrons. The van der Waals surface area contributed by atoms with Gasteiger partial charge in [0.2, 0.25) is 10.0 Å². The van der Waals surface area contributed by atoms with E-state index in [1.165, 1.54) is 10.6 Å². The molecule has 1 saturated heterocycles. The molecule has 1 aromatic rings. The minimum Gasteiger partial charge on any atom is -0.387 e. The number of nitrogens with zero attached hydrogens (tertiary/aromatic N) is 3. The van der Waals surface area contributed by atoms with E-state index in [9.17, 15) is 13.5 Å². The normalized spacial score (nSPS) is 19.3. The Labute approximate surface area is 131 Å². The van der Waals surface area contributed by atoms with Gasteiger partial charge in [-0.1, -0.05) is 12.1 Å². The smallest absolute Gasteiger partial charge is 0.211 e. The van der Waals surface area contributed by atoms with E-state index in [1.54, 1.807) is 24.3 Å². The summed E-state index contributed by atoms with van der Waals surface area (Å²) < 4.78 is 24.7. The van der Waals surface area contributed by atoms with Crippen molar-refractivity contribution >= 4 is 10.0 Å². The Morgan fingerprint density at radius 1 is 1.23 bits per heavy atom. The summed E-state index contributed by atoms with van der Waals surface area (Å²) in [6.45, 7) is 2.82. The summed E-state index contributed by atoms with van der Waals surface area (Å²) in [4.78, 5) is 2.08. The van der Waals surface area contributed by atoms with Gasteiger partial charge in [0.05, 0.1) is 24.0 Å². The number of hydrogen-bond acceptors (Lipinski definition) is 5. The Morgan fingerprint density at radius 3 is 2.50 bits per heavy atom. The van der Waals surface area contributed by atoms with Crippen molar-refractivity contribution in [1.29, 1.82) is 5.26 Å². The zero-order valence-corrected chi connectivity index (χ0v) is 13.5. The van der Waals surface area contributed by atoms with E-state index >= 15 is 0 Å². The molecule has 2 rings (SSSR count). The fraction of sp³-hybridized carbons (Fsp3) is 0.533. The Hall–Kier alpha value is -1.46. The van der Waals surface area contributed by atoms with Gasteiger partial charge in [0, 0.05) is 26.2 Å². The molecule has 1 N–H and O–H groups in total. The lowest BCUT2D eigenvalue weighted by atomic mass is 10.1. The summed E-state index contributed by atoms with van der Waals surface area (Å²) >= 11 is 0. The predicted octanol–water partition coefficient (Wildman–Crippen LogP) is 0.559. The number of aliphatic hydroxyl groups is 1. The summed E-state index contributed by atoms with van der Waals surface area (Å²) in [6.07, 6.45) is 1.35. The average molecular weight is 323 g/mol. The fourth-order valence-corrected chi connectivity index (χ4v) is 3.47. The van der Waals surface area contributed by atoms with E-state index in [2.05, 4.69) is 4.90 Å². The molecule has 0 bridgehead atoms. The zero-order valence-electron chi connectivity index (χ0n) is 12.6. The average Bonchev–Trinajstić information content (AvgIpc) is 2.72. The van der Waals surface area contributed by atoms with Crippen LogP contribution in [0.3, 0.4) is 0 Å². The maximum Gasteiger partial charge on any atom is 0.211 e. The number of rotatable bonds is 4. The van der Waals surface area contributed by atoms with E-state index in [4.69, 9.17) is 5.26 Å². The Kier molecular flexibility index (Phi) is 5.53. The lowest BCUT2D eigenvalue weighted by molar-refractivity contribution is 0.116. The summed E-state index contributed by atoms with van der Waals surface area (Å²) in [5.41, 5.74) is 1.33. The molecule has 0 saturated carbocycles. The largest absolute Gasteiger partial charge is 0.387 e. The molecule has 7 heteroatoms. The zero-order chi connectivity index (χ0) is 16.2. The highest BCUT2D eigenvalue weighted by Crippen LogP contribution is 2.16. The highest BCUT2D eigenvalue weighted by Gasteiger charge is 2.22. The minimum absolute atomic E-state index is 0.457. The van der Waals surface area contributed by atoms with Crippen LogP contribution >= 0.6 is 0 Å². The monoisotopic (exact) mass is 323 g/mol. The summed E-state index contributed by atoms with van der Waals surface area (Å²) in [6, 6.07) is 8.93. The van der Waals surface area contributed by atoms with Crippen LogP contribution in [0.1, 0.15) is 23.7 Å². The molecule has 1 aliphatic heterocycles. The van der Waals surface area contributed by atoms with Crippen molar-refractivity contribution in [3.8, 4) is 6.07 Å². The molecular formula is C15H21N3O3S. The van der Waals surface area contributed by atoms with Crippen molar-refractivity contribution in [2.75, 3.05) is 39.0 Å². The van der Waals surface area contributed by atoms with E-state index in [0.29, 0.717) is 31.7 Å². The number of nitriles is 1. The van der Waals surface area contributed by atoms with Gasteiger partial charge in [-0.3, -0.25) is 4.90 Å². The molecule has 22 heavy (non-hydrogen) atoms. The molecule has 0 aliphatic carbocycles. The minimum atomic E-state index is -3.15.